The summed E-state index contributed by atoms with van der Waals surface area (Å²) >= 11 is 3.45. The van der Waals surface area contributed by atoms with Gasteiger partial charge in [0, 0.05) is 31.6 Å². The van der Waals surface area contributed by atoms with Gasteiger partial charge in [-0.3, -0.25) is 0 Å². The van der Waals surface area contributed by atoms with Gasteiger partial charge in [-0.2, -0.15) is 0 Å². The fourth-order valence-electron chi connectivity index (χ4n) is 2.52. The summed E-state index contributed by atoms with van der Waals surface area (Å²) in [6.07, 6.45) is 4.51. The fourth-order valence-corrected chi connectivity index (χ4v) is 2.94. The number of nitrogens with zero attached hydrogens (tertiary/aromatic N) is 3. The summed E-state index contributed by atoms with van der Waals surface area (Å²) in [5.74, 6) is 1.84. The molecule has 0 spiro atoms. The van der Waals surface area contributed by atoms with E-state index in [1.54, 1.807) is 0 Å². The van der Waals surface area contributed by atoms with Crippen molar-refractivity contribution in [1.82, 2.24) is 14.9 Å². The van der Waals surface area contributed by atoms with Crippen LogP contribution in [0.5, 0.6) is 0 Å². The highest BCUT2D eigenvalue weighted by Crippen LogP contribution is 2.18. The van der Waals surface area contributed by atoms with E-state index in [9.17, 15) is 0 Å². The number of rotatable bonds is 5. The van der Waals surface area contributed by atoms with Crippen LogP contribution in [0.4, 0.5) is 5.82 Å². The van der Waals surface area contributed by atoms with E-state index in [1.807, 2.05) is 6.07 Å². The number of anilines is 1. The largest absolute Gasteiger partial charge is 0.367 e. The Morgan fingerprint density at radius 2 is 2.05 bits per heavy atom. The van der Waals surface area contributed by atoms with Gasteiger partial charge >= 0.3 is 0 Å². The van der Waals surface area contributed by atoms with Crippen LogP contribution in [-0.2, 0) is 6.42 Å². The maximum absolute atomic E-state index is 4.54. The highest BCUT2D eigenvalue weighted by Gasteiger charge is 2.18. The molecule has 1 aromatic heterocycles. The number of hydrogen-bond donors (Lipinski definition) is 1. The molecule has 0 aromatic carbocycles. The van der Waals surface area contributed by atoms with Crippen LogP contribution in [0.1, 0.15) is 38.9 Å². The minimum Gasteiger partial charge on any atom is -0.367 e. The first-order valence-electron chi connectivity index (χ1n) is 7.23. The lowest BCUT2D eigenvalue weighted by Gasteiger charge is -2.32. The van der Waals surface area contributed by atoms with Gasteiger partial charge < -0.3 is 10.2 Å². The lowest BCUT2D eigenvalue weighted by molar-refractivity contribution is 0.219. The van der Waals surface area contributed by atoms with Gasteiger partial charge in [-0.1, -0.05) is 13.8 Å². The third kappa shape index (κ3) is 4.42. The van der Waals surface area contributed by atoms with Gasteiger partial charge in [0.05, 0.1) is 0 Å². The number of hydrogen-bond acceptors (Lipinski definition) is 4. The van der Waals surface area contributed by atoms with Crippen molar-refractivity contribution in [3.63, 3.8) is 0 Å². The van der Waals surface area contributed by atoms with Crippen molar-refractivity contribution in [3.05, 3.63) is 16.5 Å². The predicted octanol–water partition coefficient (Wildman–Crippen LogP) is 3.09. The fraction of sp³-hybridized carbons (Fsp3) is 0.714. The zero-order valence-electron chi connectivity index (χ0n) is 11.8. The lowest BCUT2D eigenvalue weighted by Crippen LogP contribution is -2.39. The number of piperidine rings is 1. The molecule has 1 aromatic rings. The Kier molecular flexibility index (Phi) is 5.58. The van der Waals surface area contributed by atoms with Crippen LogP contribution in [-0.4, -0.2) is 40.5 Å². The van der Waals surface area contributed by atoms with Gasteiger partial charge in [-0.15, -0.1) is 0 Å². The van der Waals surface area contributed by atoms with Crippen molar-refractivity contribution < 1.29 is 0 Å². The Hall–Kier alpha value is -0.680. The summed E-state index contributed by atoms with van der Waals surface area (Å²) in [7, 11) is 0. The van der Waals surface area contributed by atoms with Gasteiger partial charge in [0.25, 0.3) is 0 Å². The minimum absolute atomic E-state index is 0.541. The normalized spacial score (nSPS) is 17.6. The molecule has 1 aliphatic heterocycles. The molecule has 1 fully saturated rings. The Morgan fingerprint density at radius 3 is 2.68 bits per heavy atom. The van der Waals surface area contributed by atoms with E-state index in [0.717, 1.165) is 22.7 Å². The Bertz CT molecular complexity index is 402. The van der Waals surface area contributed by atoms with Gasteiger partial charge in [-0.25, -0.2) is 9.97 Å². The molecule has 106 valence electrons. The molecular formula is C14H23BrN4. The minimum atomic E-state index is 0.541. The quantitative estimate of drug-likeness (QED) is 0.844. The van der Waals surface area contributed by atoms with E-state index < -0.39 is 0 Å². The third-order valence-corrected chi connectivity index (χ3v) is 3.94. The van der Waals surface area contributed by atoms with E-state index in [0.29, 0.717) is 6.04 Å². The second-order valence-electron chi connectivity index (χ2n) is 5.11. The summed E-state index contributed by atoms with van der Waals surface area (Å²) < 4.78 is 0.866. The molecule has 1 aliphatic rings. The number of nitrogens with one attached hydrogen (secondary N) is 1. The zero-order valence-corrected chi connectivity index (χ0v) is 13.4. The average Bonchev–Trinajstić information content (AvgIpc) is 2.40. The van der Waals surface area contributed by atoms with Crippen molar-refractivity contribution in [3.8, 4) is 0 Å². The van der Waals surface area contributed by atoms with Gasteiger partial charge in [-0.05, 0) is 41.7 Å². The second-order valence-corrected chi connectivity index (χ2v) is 5.92. The monoisotopic (exact) mass is 326 g/mol. The van der Waals surface area contributed by atoms with Gasteiger partial charge in [0.2, 0.25) is 0 Å². The Morgan fingerprint density at radius 1 is 1.32 bits per heavy atom. The molecule has 0 amide bonds. The van der Waals surface area contributed by atoms with Crippen LogP contribution in [0.2, 0.25) is 0 Å². The topological polar surface area (TPSA) is 41.0 Å². The second kappa shape index (κ2) is 7.20. The van der Waals surface area contributed by atoms with Gasteiger partial charge in [0.15, 0.2) is 0 Å². The highest BCUT2D eigenvalue weighted by molar-refractivity contribution is 9.10. The molecule has 0 atom stereocenters. The molecule has 0 aliphatic carbocycles. The van der Waals surface area contributed by atoms with Crippen molar-refractivity contribution >= 4 is 21.7 Å². The summed E-state index contributed by atoms with van der Waals surface area (Å²) in [4.78, 5) is 11.4. The van der Waals surface area contributed by atoms with Crippen LogP contribution in [0.25, 0.3) is 0 Å². The van der Waals surface area contributed by atoms with Crippen LogP contribution in [0.3, 0.4) is 0 Å². The van der Waals surface area contributed by atoms with Crippen LogP contribution < -0.4 is 5.32 Å². The maximum atomic E-state index is 4.54. The molecule has 2 heterocycles. The molecule has 5 heteroatoms. The first-order chi connectivity index (χ1) is 9.21. The molecular weight excluding hydrogens is 304 g/mol. The zero-order chi connectivity index (χ0) is 13.7. The molecule has 19 heavy (non-hydrogen) atoms. The molecule has 0 unspecified atom stereocenters. The van der Waals surface area contributed by atoms with Crippen molar-refractivity contribution in [2.45, 2.75) is 45.6 Å². The average molecular weight is 327 g/mol. The molecule has 0 saturated carbocycles. The van der Waals surface area contributed by atoms with E-state index in [2.05, 4.69) is 50.0 Å². The molecule has 0 bridgehead atoms. The van der Waals surface area contributed by atoms with Crippen LogP contribution >= 0.6 is 15.9 Å². The number of likely N-dealkylation sites (tertiary alicyclic amines) is 1. The van der Waals surface area contributed by atoms with E-state index in [-0.39, 0.29) is 0 Å². The predicted molar refractivity (Wildman–Crippen MR) is 82.5 cm³/mol. The highest BCUT2D eigenvalue weighted by atomic mass is 79.9. The van der Waals surface area contributed by atoms with E-state index in [4.69, 9.17) is 0 Å². The third-order valence-electron chi connectivity index (χ3n) is 3.54. The summed E-state index contributed by atoms with van der Waals surface area (Å²) in [6, 6.07) is 2.51. The van der Waals surface area contributed by atoms with E-state index >= 15 is 0 Å². The first kappa shape index (κ1) is 14.7. The first-order valence-corrected chi connectivity index (χ1v) is 8.03. The van der Waals surface area contributed by atoms with Crippen LogP contribution in [0, 0.1) is 0 Å². The molecule has 0 radical (unpaired) electrons. The maximum Gasteiger partial charge on any atom is 0.131 e. The Labute approximate surface area is 124 Å². The molecule has 4 nitrogen and oxygen atoms in total. The van der Waals surface area contributed by atoms with Crippen molar-refractivity contribution in [1.29, 1.82) is 0 Å². The molecule has 1 N–H and O–H groups in total. The summed E-state index contributed by atoms with van der Waals surface area (Å²) in [5.41, 5.74) is 0. The Balaban J connectivity index is 1.90. The SMILES string of the molecule is CCCN1CCC(Nc2cc(Br)nc(CC)n2)CC1. The van der Waals surface area contributed by atoms with E-state index in [1.165, 1.54) is 38.9 Å². The number of aryl methyl sites for hydroxylation is 1. The summed E-state index contributed by atoms with van der Waals surface area (Å²) in [5, 5.41) is 3.55. The molecule has 1 saturated heterocycles. The van der Waals surface area contributed by atoms with Crippen molar-refractivity contribution in [2.24, 2.45) is 0 Å². The van der Waals surface area contributed by atoms with Crippen molar-refractivity contribution in [2.75, 3.05) is 25.0 Å². The number of halogens is 1. The summed E-state index contributed by atoms with van der Waals surface area (Å²) in [6.45, 7) is 7.94. The van der Waals surface area contributed by atoms with Crippen LogP contribution in [0.15, 0.2) is 10.7 Å². The standard InChI is InChI=1S/C14H23BrN4/c1-3-7-19-8-5-11(6-9-19)16-14-10-12(15)17-13(4-2)18-14/h10-11H,3-9H2,1-2H3,(H,16,17,18). The molecule has 2 rings (SSSR count). The lowest BCUT2D eigenvalue weighted by atomic mass is 10.0. The van der Waals surface area contributed by atoms with Gasteiger partial charge in [0.1, 0.15) is 16.2 Å². The number of aromatic nitrogens is 2. The smallest absolute Gasteiger partial charge is 0.131 e.